The number of aryl methyl sites for hydroxylation is 1. The second-order valence-electron chi connectivity index (χ2n) is 4.09. The van der Waals surface area contributed by atoms with Crippen LogP contribution in [0.4, 0.5) is 0 Å². The zero-order chi connectivity index (χ0) is 12.4. The van der Waals surface area contributed by atoms with Gasteiger partial charge in [0, 0.05) is 10.4 Å². The van der Waals surface area contributed by atoms with E-state index in [-0.39, 0.29) is 0 Å². The van der Waals surface area contributed by atoms with Crippen molar-refractivity contribution in [1.29, 1.82) is 0 Å². The maximum atomic E-state index is 6.04. The molecule has 1 heterocycles. The molecule has 0 aliphatic carbocycles. The van der Waals surface area contributed by atoms with Crippen LogP contribution >= 0.6 is 27.5 Å². The number of benzene rings is 1. The molecular weight excluding hydrogens is 302 g/mol. The molecule has 0 saturated carbocycles. The summed E-state index contributed by atoms with van der Waals surface area (Å²) in [6, 6.07) is 3.81. The van der Waals surface area contributed by atoms with E-state index in [0.29, 0.717) is 0 Å². The van der Waals surface area contributed by atoms with Crippen LogP contribution in [0.2, 0.25) is 5.02 Å². The Bertz CT molecular complexity index is 536. The molecule has 0 saturated heterocycles. The van der Waals surface area contributed by atoms with Crippen molar-refractivity contribution in [3.05, 3.63) is 33.0 Å². The van der Waals surface area contributed by atoms with Crippen molar-refractivity contribution in [3.8, 4) is 0 Å². The molecular formula is C13H15BrClNO. The van der Waals surface area contributed by atoms with Gasteiger partial charge in [0.2, 0.25) is 0 Å². The van der Waals surface area contributed by atoms with Gasteiger partial charge in [0.25, 0.3) is 0 Å². The smallest absolute Gasteiger partial charge is 0.148 e. The zero-order valence-electron chi connectivity index (χ0n) is 9.94. The molecule has 2 rings (SSSR count). The monoisotopic (exact) mass is 315 g/mol. The molecule has 17 heavy (non-hydrogen) atoms. The minimum absolute atomic E-state index is 0.723. The number of hydrogen-bond acceptors (Lipinski definition) is 2. The molecule has 0 fully saturated rings. The summed E-state index contributed by atoms with van der Waals surface area (Å²) in [4.78, 5) is 0. The highest BCUT2D eigenvalue weighted by Crippen LogP contribution is 2.33. The third kappa shape index (κ3) is 2.67. The highest BCUT2D eigenvalue weighted by molar-refractivity contribution is 9.10. The third-order valence-electron chi connectivity index (χ3n) is 2.77. The van der Waals surface area contributed by atoms with Crippen LogP contribution < -0.4 is 5.32 Å². The molecule has 2 aromatic rings. The zero-order valence-corrected chi connectivity index (χ0v) is 12.3. The predicted octanol–water partition coefficient (Wildman–Crippen LogP) is 4.66. The van der Waals surface area contributed by atoms with E-state index in [1.807, 2.05) is 12.1 Å². The van der Waals surface area contributed by atoms with Crippen molar-refractivity contribution in [2.75, 3.05) is 6.54 Å². The van der Waals surface area contributed by atoms with Crippen LogP contribution in [0.5, 0.6) is 0 Å². The van der Waals surface area contributed by atoms with Gasteiger partial charge >= 0.3 is 0 Å². The fraction of sp³-hybridized carbons (Fsp3) is 0.385. The number of fused-ring (bicyclic) bond motifs is 1. The first-order chi connectivity index (χ1) is 8.13. The molecule has 0 amide bonds. The van der Waals surface area contributed by atoms with Gasteiger partial charge in [-0.05, 0) is 53.5 Å². The van der Waals surface area contributed by atoms with Crippen LogP contribution in [-0.4, -0.2) is 6.54 Å². The predicted molar refractivity (Wildman–Crippen MR) is 75.7 cm³/mol. The second-order valence-corrected chi connectivity index (χ2v) is 5.38. The SMILES string of the molecule is CCCNCc1oc2c(Br)cc(Cl)cc2c1C. The molecule has 4 heteroatoms. The van der Waals surface area contributed by atoms with Gasteiger partial charge < -0.3 is 9.73 Å². The van der Waals surface area contributed by atoms with Gasteiger partial charge in [0.1, 0.15) is 11.3 Å². The van der Waals surface area contributed by atoms with E-state index in [1.54, 1.807) is 0 Å². The van der Waals surface area contributed by atoms with Crippen LogP contribution in [0.3, 0.4) is 0 Å². The number of hydrogen-bond donors (Lipinski definition) is 1. The van der Waals surface area contributed by atoms with E-state index in [4.69, 9.17) is 16.0 Å². The number of nitrogens with one attached hydrogen (secondary N) is 1. The van der Waals surface area contributed by atoms with Gasteiger partial charge in [-0.2, -0.15) is 0 Å². The van der Waals surface area contributed by atoms with Crippen LogP contribution in [-0.2, 0) is 6.54 Å². The minimum atomic E-state index is 0.723. The Morgan fingerprint density at radius 3 is 2.88 bits per heavy atom. The minimum Gasteiger partial charge on any atom is -0.458 e. The highest BCUT2D eigenvalue weighted by Gasteiger charge is 2.13. The normalized spacial score (nSPS) is 11.3. The number of furan rings is 1. The number of halogens is 2. The van der Waals surface area contributed by atoms with Crippen molar-refractivity contribution in [2.45, 2.75) is 26.8 Å². The Morgan fingerprint density at radius 1 is 1.41 bits per heavy atom. The molecule has 0 bridgehead atoms. The number of rotatable bonds is 4. The van der Waals surface area contributed by atoms with Crippen molar-refractivity contribution in [1.82, 2.24) is 5.32 Å². The first-order valence-corrected chi connectivity index (χ1v) is 6.88. The summed E-state index contributed by atoms with van der Waals surface area (Å²) in [6.07, 6.45) is 1.12. The average Bonchev–Trinajstić information content (AvgIpc) is 2.58. The fourth-order valence-corrected chi connectivity index (χ4v) is 2.73. The Balaban J connectivity index is 2.39. The maximum absolute atomic E-state index is 6.04. The Kier molecular flexibility index (Phi) is 4.13. The van der Waals surface area contributed by atoms with Gasteiger partial charge in [-0.15, -0.1) is 0 Å². The summed E-state index contributed by atoms with van der Waals surface area (Å²) in [5, 5.41) is 5.15. The summed E-state index contributed by atoms with van der Waals surface area (Å²) in [5.41, 5.74) is 2.03. The van der Waals surface area contributed by atoms with Crippen molar-refractivity contribution >= 4 is 38.5 Å². The van der Waals surface area contributed by atoms with Gasteiger partial charge in [0.15, 0.2) is 0 Å². The lowest BCUT2D eigenvalue weighted by molar-refractivity contribution is 0.509. The summed E-state index contributed by atoms with van der Waals surface area (Å²) in [6.45, 7) is 5.98. The molecule has 92 valence electrons. The third-order valence-corrected chi connectivity index (χ3v) is 3.58. The van der Waals surface area contributed by atoms with E-state index in [0.717, 1.165) is 51.3 Å². The van der Waals surface area contributed by atoms with E-state index >= 15 is 0 Å². The van der Waals surface area contributed by atoms with Crippen LogP contribution in [0.15, 0.2) is 21.0 Å². The average molecular weight is 317 g/mol. The molecule has 2 nitrogen and oxygen atoms in total. The van der Waals surface area contributed by atoms with Gasteiger partial charge in [0.05, 0.1) is 11.0 Å². The lowest BCUT2D eigenvalue weighted by atomic mass is 10.1. The van der Waals surface area contributed by atoms with Crippen LogP contribution in [0.1, 0.15) is 24.7 Å². The van der Waals surface area contributed by atoms with Gasteiger partial charge in [-0.25, -0.2) is 0 Å². The summed E-state index contributed by atoms with van der Waals surface area (Å²) in [7, 11) is 0. The maximum Gasteiger partial charge on any atom is 0.148 e. The molecule has 0 atom stereocenters. The molecule has 0 radical (unpaired) electrons. The molecule has 1 aromatic carbocycles. The quantitative estimate of drug-likeness (QED) is 0.830. The molecule has 0 spiro atoms. The molecule has 0 aliphatic rings. The Labute approximate surface area is 114 Å². The lowest BCUT2D eigenvalue weighted by Crippen LogP contribution is -2.13. The highest BCUT2D eigenvalue weighted by atomic mass is 79.9. The first-order valence-electron chi connectivity index (χ1n) is 5.71. The van der Waals surface area contributed by atoms with Crippen molar-refractivity contribution < 1.29 is 4.42 Å². The fourth-order valence-electron chi connectivity index (χ4n) is 1.84. The Morgan fingerprint density at radius 2 is 2.18 bits per heavy atom. The van der Waals surface area contributed by atoms with Crippen molar-refractivity contribution in [2.24, 2.45) is 0 Å². The topological polar surface area (TPSA) is 25.2 Å². The molecule has 0 unspecified atom stereocenters. The molecule has 0 aliphatic heterocycles. The Hall–Kier alpha value is -0.510. The van der Waals surface area contributed by atoms with Gasteiger partial charge in [-0.3, -0.25) is 0 Å². The standard InChI is InChI=1S/C13H15BrClNO/c1-3-4-16-7-12-8(2)10-5-9(15)6-11(14)13(10)17-12/h5-6,16H,3-4,7H2,1-2H3. The largest absolute Gasteiger partial charge is 0.458 e. The summed E-state index contributed by atoms with van der Waals surface area (Å²) < 4.78 is 6.77. The summed E-state index contributed by atoms with van der Waals surface area (Å²) >= 11 is 9.52. The summed E-state index contributed by atoms with van der Waals surface area (Å²) in [5.74, 6) is 0.983. The van der Waals surface area contributed by atoms with Gasteiger partial charge in [-0.1, -0.05) is 18.5 Å². The molecule has 1 N–H and O–H groups in total. The van der Waals surface area contributed by atoms with E-state index < -0.39 is 0 Å². The van der Waals surface area contributed by atoms with E-state index in [1.165, 1.54) is 0 Å². The first kappa shape index (κ1) is 12.9. The van der Waals surface area contributed by atoms with Crippen molar-refractivity contribution in [3.63, 3.8) is 0 Å². The van der Waals surface area contributed by atoms with E-state index in [2.05, 4.69) is 35.1 Å². The van der Waals surface area contributed by atoms with E-state index in [9.17, 15) is 0 Å². The lowest BCUT2D eigenvalue weighted by Gasteiger charge is -2.00. The van der Waals surface area contributed by atoms with Crippen LogP contribution in [0.25, 0.3) is 11.0 Å². The molecule has 1 aromatic heterocycles. The van der Waals surface area contributed by atoms with Crippen LogP contribution in [0, 0.1) is 6.92 Å². The second kappa shape index (κ2) is 5.42.